The van der Waals surface area contributed by atoms with E-state index in [1.807, 2.05) is 0 Å². The summed E-state index contributed by atoms with van der Waals surface area (Å²) in [5.41, 5.74) is -0.182. The van der Waals surface area contributed by atoms with Gasteiger partial charge < -0.3 is 0 Å². The first-order chi connectivity index (χ1) is 6.47. The van der Waals surface area contributed by atoms with Crippen molar-refractivity contribution >= 4 is 57.0 Å². The van der Waals surface area contributed by atoms with Crippen LogP contribution in [-0.2, 0) is 10.0 Å². The van der Waals surface area contributed by atoms with Gasteiger partial charge in [0.15, 0.2) is 0 Å². The van der Waals surface area contributed by atoms with Gasteiger partial charge in [-0.25, -0.2) is 8.42 Å². The molecule has 0 saturated carbocycles. The average Bonchev–Trinajstić information content (AvgIpc) is 2.18. The number of hydrogen-bond acceptors (Lipinski definition) is 4. The number of sulfonamides is 1. The van der Waals surface area contributed by atoms with Gasteiger partial charge in [-0.1, -0.05) is 0 Å². The zero-order valence-electron chi connectivity index (χ0n) is 6.68. The maximum atomic E-state index is 11.1. The van der Waals surface area contributed by atoms with Gasteiger partial charge in [0.1, 0.15) is 0 Å². The third kappa shape index (κ3) is 3.71. The second-order valence-corrected chi connectivity index (χ2v) is 4.43. The van der Waals surface area contributed by atoms with Crippen molar-refractivity contribution in [3.05, 3.63) is 34.4 Å². The van der Waals surface area contributed by atoms with Crippen LogP contribution in [0.3, 0.4) is 0 Å². The number of benzene rings is 1. The molecule has 78 valence electrons. The minimum absolute atomic E-state index is 0. The van der Waals surface area contributed by atoms with E-state index < -0.39 is 14.9 Å². The van der Waals surface area contributed by atoms with Crippen LogP contribution in [0.25, 0.3) is 0 Å². The summed E-state index contributed by atoms with van der Waals surface area (Å²) in [6, 6.07) is 4.37. The van der Waals surface area contributed by atoms with Crippen LogP contribution in [0.2, 0.25) is 0 Å². The number of nitrogens with zero attached hydrogens (tertiary/aromatic N) is 1. The van der Waals surface area contributed by atoms with Gasteiger partial charge in [0.05, 0.1) is 9.82 Å². The number of hydrogen-bond donors (Lipinski definition) is 1. The normalized spacial score (nSPS) is 10.5. The standard InChI is InChI=1S/C6H5ClN2O4S.Na.H/c7-8-14(12,13)6-3-1-5(2-4-6)9(10)11;;/h1-4,8H;;. The first-order valence-corrected chi connectivity index (χ1v) is 5.20. The van der Waals surface area contributed by atoms with Gasteiger partial charge in [-0.15, -0.1) is 4.24 Å². The van der Waals surface area contributed by atoms with E-state index in [1.165, 1.54) is 0 Å². The van der Waals surface area contributed by atoms with Crippen LogP contribution in [0.5, 0.6) is 0 Å². The Kier molecular flexibility index (Phi) is 5.71. The zero-order valence-corrected chi connectivity index (χ0v) is 8.25. The average molecular weight is 261 g/mol. The number of nitro groups is 1. The third-order valence-electron chi connectivity index (χ3n) is 1.46. The molecule has 1 rings (SSSR count). The molecule has 0 spiro atoms. The van der Waals surface area contributed by atoms with Crippen LogP contribution in [0, 0.1) is 10.1 Å². The Hall–Kier alpha value is -0.180. The molecule has 1 aromatic rings. The summed E-state index contributed by atoms with van der Waals surface area (Å²) in [7, 11) is -3.75. The van der Waals surface area contributed by atoms with Gasteiger partial charge in [-0.3, -0.25) is 10.1 Å². The summed E-state index contributed by atoms with van der Waals surface area (Å²) in [5.74, 6) is 0. The van der Waals surface area contributed by atoms with Gasteiger partial charge in [0.25, 0.3) is 15.7 Å². The summed E-state index contributed by atoms with van der Waals surface area (Å²) >= 11 is 4.96. The molecule has 0 bridgehead atoms. The first-order valence-electron chi connectivity index (χ1n) is 3.34. The molecule has 0 fully saturated rings. The molecule has 0 atom stereocenters. The molecule has 0 aliphatic rings. The Labute approximate surface area is 113 Å². The Morgan fingerprint density at radius 2 is 1.73 bits per heavy atom. The number of non-ortho nitro benzene ring substituents is 1. The summed E-state index contributed by atoms with van der Waals surface area (Å²) in [4.78, 5) is 9.50. The summed E-state index contributed by atoms with van der Waals surface area (Å²) in [5, 5.41) is 10.2. The number of halogens is 1. The maximum absolute atomic E-state index is 11.1. The Morgan fingerprint density at radius 1 is 1.27 bits per heavy atom. The van der Waals surface area contributed by atoms with Crippen molar-refractivity contribution in [2.24, 2.45) is 0 Å². The van der Waals surface area contributed by atoms with Crippen molar-refractivity contribution in [2.75, 3.05) is 0 Å². The molecule has 15 heavy (non-hydrogen) atoms. The topological polar surface area (TPSA) is 89.3 Å². The van der Waals surface area contributed by atoms with E-state index in [0.717, 1.165) is 24.3 Å². The number of nitro benzene ring substituents is 1. The summed E-state index contributed by atoms with van der Waals surface area (Å²) in [6.07, 6.45) is 0. The molecule has 0 radical (unpaired) electrons. The summed E-state index contributed by atoms with van der Waals surface area (Å²) in [6.45, 7) is 0. The SMILES string of the molecule is O=[N+]([O-])c1ccc(S(=O)(=O)NCl)cc1.[NaH]. The van der Waals surface area contributed by atoms with Crippen LogP contribution in [0.15, 0.2) is 29.2 Å². The van der Waals surface area contributed by atoms with Gasteiger partial charge in [-0.05, 0) is 23.9 Å². The van der Waals surface area contributed by atoms with E-state index in [9.17, 15) is 18.5 Å². The van der Waals surface area contributed by atoms with E-state index in [1.54, 1.807) is 4.24 Å². The molecule has 9 heteroatoms. The molecule has 0 heterocycles. The Morgan fingerprint density at radius 3 is 2.07 bits per heavy atom. The Bertz CT molecular complexity index is 447. The molecule has 1 N–H and O–H groups in total. The third-order valence-corrected chi connectivity index (χ3v) is 3.16. The summed E-state index contributed by atoms with van der Waals surface area (Å²) < 4.78 is 23.7. The molecule has 0 aliphatic carbocycles. The van der Waals surface area contributed by atoms with Crippen molar-refractivity contribution in [3.8, 4) is 0 Å². The van der Waals surface area contributed by atoms with E-state index >= 15 is 0 Å². The van der Waals surface area contributed by atoms with Crippen LogP contribution >= 0.6 is 11.8 Å². The van der Waals surface area contributed by atoms with E-state index in [4.69, 9.17) is 11.8 Å². The van der Waals surface area contributed by atoms with Crippen molar-refractivity contribution in [1.29, 1.82) is 0 Å². The number of nitrogens with one attached hydrogen (secondary N) is 1. The fourth-order valence-corrected chi connectivity index (χ4v) is 1.64. The van der Waals surface area contributed by atoms with E-state index in [-0.39, 0.29) is 40.1 Å². The molecular weight excluding hydrogens is 255 g/mol. The predicted octanol–water partition coefficient (Wildman–Crippen LogP) is 0.378. The van der Waals surface area contributed by atoms with Crippen LogP contribution in [0.1, 0.15) is 0 Å². The predicted molar refractivity (Wildman–Crippen MR) is 56.4 cm³/mol. The fraction of sp³-hybridized carbons (Fsp3) is 0. The molecule has 6 nitrogen and oxygen atoms in total. The van der Waals surface area contributed by atoms with E-state index in [2.05, 4.69) is 0 Å². The second kappa shape index (κ2) is 5.78. The van der Waals surface area contributed by atoms with Crippen molar-refractivity contribution in [1.82, 2.24) is 4.24 Å². The van der Waals surface area contributed by atoms with E-state index in [0.29, 0.717) is 0 Å². The van der Waals surface area contributed by atoms with Crippen molar-refractivity contribution < 1.29 is 13.3 Å². The molecule has 0 saturated heterocycles. The quantitative estimate of drug-likeness (QED) is 0.368. The number of rotatable bonds is 3. The van der Waals surface area contributed by atoms with Crippen molar-refractivity contribution in [3.63, 3.8) is 0 Å². The minimum atomic E-state index is -3.75. The molecule has 0 unspecified atom stereocenters. The fourth-order valence-electron chi connectivity index (χ4n) is 0.792. The van der Waals surface area contributed by atoms with Crippen molar-refractivity contribution in [2.45, 2.75) is 4.90 Å². The monoisotopic (exact) mass is 260 g/mol. The van der Waals surface area contributed by atoms with Gasteiger partial charge in [-0.2, -0.15) is 0 Å². The second-order valence-electron chi connectivity index (χ2n) is 2.33. The van der Waals surface area contributed by atoms with Gasteiger partial charge in [0.2, 0.25) is 0 Å². The van der Waals surface area contributed by atoms with Gasteiger partial charge in [0, 0.05) is 12.1 Å². The van der Waals surface area contributed by atoms with Crippen LogP contribution in [0.4, 0.5) is 5.69 Å². The van der Waals surface area contributed by atoms with Gasteiger partial charge >= 0.3 is 29.6 Å². The zero-order chi connectivity index (χ0) is 10.8. The Balaban J connectivity index is 0.00000196. The first kappa shape index (κ1) is 14.8. The molecule has 0 aliphatic heterocycles. The molecule has 0 amide bonds. The van der Waals surface area contributed by atoms with Crippen LogP contribution < -0.4 is 4.24 Å². The molecule has 1 aromatic carbocycles. The van der Waals surface area contributed by atoms with Crippen LogP contribution in [-0.4, -0.2) is 42.9 Å². The molecular formula is C6H6ClN2NaO4S. The molecule has 0 aromatic heterocycles.